The van der Waals surface area contributed by atoms with E-state index in [1.165, 1.54) is 11.1 Å². The number of rotatable bonds is 8. The molecule has 6 heteroatoms. The Bertz CT molecular complexity index is 643. The first-order valence-electron chi connectivity index (χ1n) is 9.50. The van der Waals surface area contributed by atoms with E-state index in [0.29, 0.717) is 12.6 Å². The Labute approximate surface area is 181 Å². The van der Waals surface area contributed by atoms with E-state index in [9.17, 15) is 4.79 Å². The molecule has 0 aromatic heterocycles. The molecule has 0 bridgehead atoms. The maximum Gasteiger partial charge on any atom is 0.237 e. The van der Waals surface area contributed by atoms with Crippen molar-refractivity contribution in [2.75, 3.05) is 26.7 Å². The Kier molecular flexibility index (Phi) is 11.2. The third-order valence-corrected chi connectivity index (χ3v) is 4.99. The Hall–Kier alpha value is -1.59. The second-order valence-corrected chi connectivity index (χ2v) is 7.06. The third kappa shape index (κ3) is 7.10. The van der Waals surface area contributed by atoms with Crippen molar-refractivity contribution in [1.82, 2.24) is 15.1 Å². The predicted octanol–water partition coefficient (Wildman–Crippen LogP) is 3.74. The maximum atomic E-state index is 13.0. The number of nitrogens with zero attached hydrogens (tertiary/aromatic N) is 2. The van der Waals surface area contributed by atoms with Gasteiger partial charge in [-0.1, -0.05) is 60.7 Å². The molecule has 1 N–H and O–H groups in total. The first-order chi connectivity index (χ1) is 12.8. The summed E-state index contributed by atoms with van der Waals surface area (Å²) in [6, 6.07) is 21.1. The predicted molar refractivity (Wildman–Crippen MR) is 120 cm³/mol. The Morgan fingerprint density at radius 3 is 2.04 bits per heavy atom. The van der Waals surface area contributed by atoms with Crippen molar-refractivity contribution in [3.8, 4) is 0 Å². The van der Waals surface area contributed by atoms with E-state index in [4.69, 9.17) is 0 Å². The van der Waals surface area contributed by atoms with Gasteiger partial charge in [-0.2, -0.15) is 0 Å². The van der Waals surface area contributed by atoms with E-state index in [2.05, 4.69) is 63.6 Å². The molecule has 0 aliphatic carbocycles. The minimum absolute atomic E-state index is 0. The maximum absolute atomic E-state index is 13.0. The fourth-order valence-electron chi connectivity index (χ4n) is 3.74. The first-order valence-corrected chi connectivity index (χ1v) is 9.50. The van der Waals surface area contributed by atoms with Crippen LogP contribution < -0.4 is 5.32 Å². The van der Waals surface area contributed by atoms with E-state index < -0.39 is 0 Å². The van der Waals surface area contributed by atoms with Crippen molar-refractivity contribution in [2.24, 2.45) is 0 Å². The molecule has 1 aliphatic heterocycles. The Morgan fingerprint density at radius 2 is 1.54 bits per heavy atom. The summed E-state index contributed by atoms with van der Waals surface area (Å²) in [5.41, 5.74) is 2.48. The Morgan fingerprint density at radius 1 is 1.00 bits per heavy atom. The van der Waals surface area contributed by atoms with Gasteiger partial charge in [0.05, 0.1) is 6.54 Å². The van der Waals surface area contributed by atoms with Crippen molar-refractivity contribution >= 4 is 30.7 Å². The van der Waals surface area contributed by atoms with Crippen LogP contribution in [0.4, 0.5) is 0 Å². The number of likely N-dealkylation sites (tertiary alicyclic amines) is 1. The summed E-state index contributed by atoms with van der Waals surface area (Å²) in [5, 5.41) is 3.22. The van der Waals surface area contributed by atoms with E-state index in [1.54, 1.807) is 0 Å². The first kappa shape index (κ1) is 24.4. The minimum Gasteiger partial charge on any atom is -0.337 e. The largest absolute Gasteiger partial charge is 0.337 e. The van der Waals surface area contributed by atoms with E-state index in [0.717, 1.165) is 39.0 Å². The van der Waals surface area contributed by atoms with Crippen LogP contribution in [0.2, 0.25) is 0 Å². The molecule has 0 radical (unpaired) electrons. The summed E-state index contributed by atoms with van der Waals surface area (Å²) < 4.78 is 0. The lowest BCUT2D eigenvalue weighted by Crippen LogP contribution is -2.45. The average molecular weight is 424 g/mol. The number of nitrogens with one attached hydrogen (secondary N) is 1. The molecule has 154 valence electrons. The van der Waals surface area contributed by atoms with Gasteiger partial charge < -0.3 is 10.2 Å². The van der Waals surface area contributed by atoms with Crippen LogP contribution in [0.1, 0.15) is 24.0 Å². The van der Waals surface area contributed by atoms with Gasteiger partial charge in [0.15, 0.2) is 0 Å². The highest BCUT2D eigenvalue weighted by Crippen LogP contribution is 2.18. The number of benzene rings is 2. The zero-order chi connectivity index (χ0) is 18.2. The molecule has 1 fully saturated rings. The molecule has 0 spiro atoms. The number of carbonyl (C=O) groups excluding carboxylic acids is 1. The molecule has 3 rings (SSSR count). The Balaban J connectivity index is 0.00000196. The smallest absolute Gasteiger partial charge is 0.237 e. The second-order valence-electron chi connectivity index (χ2n) is 7.06. The summed E-state index contributed by atoms with van der Waals surface area (Å²) in [5.74, 6) is 0.245. The van der Waals surface area contributed by atoms with Crippen molar-refractivity contribution in [3.05, 3.63) is 71.8 Å². The topological polar surface area (TPSA) is 35.6 Å². The van der Waals surface area contributed by atoms with Gasteiger partial charge in [0, 0.05) is 32.2 Å². The van der Waals surface area contributed by atoms with Gasteiger partial charge in [-0.25, -0.2) is 0 Å². The second kappa shape index (κ2) is 12.8. The van der Waals surface area contributed by atoms with Crippen LogP contribution in [0.25, 0.3) is 0 Å². The van der Waals surface area contributed by atoms with E-state index >= 15 is 0 Å². The number of hydrogen-bond acceptors (Lipinski definition) is 3. The van der Waals surface area contributed by atoms with Crippen LogP contribution in [0.3, 0.4) is 0 Å². The number of carbonyl (C=O) groups is 1. The van der Waals surface area contributed by atoms with Crippen LogP contribution >= 0.6 is 24.8 Å². The molecule has 2 aromatic carbocycles. The summed E-state index contributed by atoms with van der Waals surface area (Å²) in [7, 11) is 1.96. The monoisotopic (exact) mass is 423 g/mol. The summed E-state index contributed by atoms with van der Waals surface area (Å²) in [6.07, 6.45) is 2.21. The molecule has 28 heavy (non-hydrogen) atoms. The zero-order valence-electron chi connectivity index (χ0n) is 16.4. The number of amides is 1. The highest BCUT2D eigenvalue weighted by atomic mass is 35.5. The molecule has 1 unspecified atom stereocenters. The van der Waals surface area contributed by atoms with Gasteiger partial charge in [0.1, 0.15) is 0 Å². The molecule has 2 aromatic rings. The van der Waals surface area contributed by atoms with Crippen molar-refractivity contribution in [2.45, 2.75) is 32.0 Å². The molecular weight excluding hydrogens is 393 g/mol. The lowest BCUT2D eigenvalue weighted by Gasteiger charge is -2.29. The molecule has 4 nitrogen and oxygen atoms in total. The number of hydrogen-bond donors (Lipinski definition) is 1. The fraction of sp³-hybridized carbons (Fsp3) is 0.409. The lowest BCUT2D eigenvalue weighted by atomic mass is 10.1. The highest BCUT2D eigenvalue weighted by Gasteiger charge is 2.28. The van der Waals surface area contributed by atoms with Gasteiger partial charge in [0.2, 0.25) is 5.91 Å². The SMILES string of the molecule is CNCC1CCCN1C(=O)CN(Cc1ccccc1)Cc1ccccc1.Cl.Cl. The highest BCUT2D eigenvalue weighted by molar-refractivity contribution is 5.85. The van der Waals surface area contributed by atoms with E-state index in [1.807, 2.05) is 19.2 Å². The quantitative estimate of drug-likeness (QED) is 0.701. The van der Waals surface area contributed by atoms with Gasteiger partial charge in [-0.3, -0.25) is 9.69 Å². The number of likely N-dealkylation sites (N-methyl/N-ethyl adjacent to an activating group) is 1. The fourth-order valence-corrected chi connectivity index (χ4v) is 3.74. The van der Waals surface area contributed by atoms with Crippen molar-refractivity contribution in [1.29, 1.82) is 0 Å². The van der Waals surface area contributed by atoms with Crippen molar-refractivity contribution in [3.63, 3.8) is 0 Å². The van der Waals surface area contributed by atoms with Crippen LogP contribution in [-0.4, -0.2) is 48.4 Å². The molecule has 1 heterocycles. The summed E-state index contributed by atoms with van der Waals surface area (Å²) in [6.45, 7) is 3.79. The molecule has 0 saturated carbocycles. The van der Waals surface area contributed by atoms with Crippen LogP contribution in [-0.2, 0) is 17.9 Å². The molecule has 1 aliphatic rings. The van der Waals surface area contributed by atoms with Crippen LogP contribution in [0.5, 0.6) is 0 Å². The summed E-state index contributed by atoms with van der Waals surface area (Å²) in [4.78, 5) is 17.3. The molecule has 1 amide bonds. The minimum atomic E-state index is 0. The third-order valence-electron chi connectivity index (χ3n) is 4.99. The normalized spacial score (nSPS) is 15.8. The molecule has 1 atom stereocenters. The standard InChI is InChI=1S/C22H29N3O.2ClH/c1-23-15-21-13-8-14-25(21)22(26)18-24(16-19-9-4-2-5-10-19)17-20-11-6-3-7-12-20;;/h2-7,9-12,21,23H,8,13-18H2,1H3;2*1H. The van der Waals surface area contributed by atoms with Gasteiger partial charge in [-0.05, 0) is 31.0 Å². The summed E-state index contributed by atoms with van der Waals surface area (Å²) >= 11 is 0. The van der Waals surface area contributed by atoms with E-state index in [-0.39, 0.29) is 30.7 Å². The van der Waals surface area contributed by atoms with Gasteiger partial charge in [-0.15, -0.1) is 24.8 Å². The zero-order valence-corrected chi connectivity index (χ0v) is 18.1. The number of halogens is 2. The average Bonchev–Trinajstić information content (AvgIpc) is 3.12. The van der Waals surface area contributed by atoms with Gasteiger partial charge >= 0.3 is 0 Å². The lowest BCUT2D eigenvalue weighted by molar-refractivity contribution is -0.133. The molecular formula is C22H31Cl2N3O. The van der Waals surface area contributed by atoms with Crippen LogP contribution in [0.15, 0.2) is 60.7 Å². The van der Waals surface area contributed by atoms with Crippen molar-refractivity contribution < 1.29 is 4.79 Å². The van der Waals surface area contributed by atoms with Gasteiger partial charge in [0.25, 0.3) is 0 Å². The molecule has 1 saturated heterocycles. The van der Waals surface area contributed by atoms with Crippen LogP contribution in [0, 0.1) is 0 Å².